The molecule has 0 spiro atoms. The van der Waals surface area contributed by atoms with Crippen LogP contribution >= 0.6 is 0 Å². The highest BCUT2D eigenvalue weighted by molar-refractivity contribution is 6.04. The summed E-state index contributed by atoms with van der Waals surface area (Å²) in [5, 5.41) is 6.27. The minimum absolute atomic E-state index is 0.0523. The molecular formula is C21H23NO2. The van der Waals surface area contributed by atoms with Gasteiger partial charge in [0.1, 0.15) is 0 Å². The van der Waals surface area contributed by atoms with Crippen LogP contribution in [0.2, 0.25) is 0 Å². The zero-order valence-corrected chi connectivity index (χ0v) is 14.5. The zero-order chi connectivity index (χ0) is 16.9. The van der Waals surface area contributed by atoms with Gasteiger partial charge in [0, 0.05) is 5.41 Å². The molecule has 0 saturated heterocycles. The van der Waals surface area contributed by atoms with Crippen LogP contribution in [0.1, 0.15) is 50.4 Å². The van der Waals surface area contributed by atoms with Crippen molar-refractivity contribution in [1.82, 2.24) is 0 Å². The second-order valence-electron chi connectivity index (χ2n) is 7.94. The Labute approximate surface area is 142 Å². The number of hydrogen-bond donors (Lipinski definition) is 0. The second kappa shape index (κ2) is 5.17. The Hall–Kier alpha value is -2.16. The third-order valence-corrected chi connectivity index (χ3v) is 6.76. The van der Waals surface area contributed by atoms with E-state index in [1.165, 1.54) is 6.42 Å². The standard InChI is InChI=1S/C21H23NO2/c1-20(2)15-11-12-21(20,3)18(13-15)22-24-19(23)17-10-6-8-14-7-4-5-9-16(14)17/h4-10,15H,11-13H2,1-3H3/b22-18-/t15-,21-/m1/s1. The van der Waals surface area contributed by atoms with Crippen molar-refractivity contribution in [3.63, 3.8) is 0 Å². The first-order chi connectivity index (χ1) is 11.4. The van der Waals surface area contributed by atoms with Gasteiger partial charge in [0.05, 0.1) is 11.3 Å². The first kappa shape index (κ1) is 15.4. The normalized spacial score (nSPS) is 29.3. The number of fused-ring (bicyclic) bond motifs is 3. The van der Waals surface area contributed by atoms with Gasteiger partial charge in [-0.3, -0.25) is 0 Å². The first-order valence-electron chi connectivity index (χ1n) is 8.70. The minimum atomic E-state index is -0.372. The van der Waals surface area contributed by atoms with Crippen LogP contribution in [-0.4, -0.2) is 11.7 Å². The first-order valence-corrected chi connectivity index (χ1v) is 8.70. The van der Waals surface area contributed by atoms with Gasteiger partial charge in [-0.05, 0) is 47.4 Å². The molecule has 0 heterocycles. The van der Waals surface area contributed by atoms with Gasteiger partial charge >= 0.3 is 5.97 Å². The molecule has 0 unspecified atom stereocenters. The Morgan fingerprint density at radius 3 is 2.58 bits per heavy atom. The molecule has 124 valence electrons. The van der Waals surface area contributed by atoms with Crippen molar-refractivity contribution >= 4 is 22.5 Å². The van der Waals surface area contributed by atoms with Crippen LogP contribution in [0, 0.1) is 16.7 Å². The van der Waals surface area contributed by atoms with Crippen LogP contribution in [0.5, 0.6) is 0 Å². The summed E-state index contributed by atoms with van der Waals surface area (Å²) >= 11 is 0. The van der Waals surface area contributed by atoms with Gasteiger partial charge in [-0.25, -0.2) is 4.79 Å². The maximum absolute atomic E-state index is 12.6. The summed E-state index contributed by atoms with van der Waals surface area (Å²) in [6.45, 7) is 6.91. The van der Waals surface area contributed by atoms with E-state index in [1.54, 1.807) is 6.07 Å². The molecule has 0 aliphatic heterocycles. The molecular weight excluding hydrogens is 298 g/mol. The molecule has 3 heteroatoms. The number of carbonyl (C=O) groups is 1. The van der Waals surface area contributed by atoms with Crippen LogP contribution in [0.15, 0.2) is 47.6 Å². The largest absolute Gasteiger partial charge is 0.366 e. The highest BCUT2D eigenvalue weighted by Gasteiger charge is 2.60. The second-order valence-corrected chi connectivity index (χ2v) is 7.94. The predicted octanol–water partition coefficient (Wildman–Crippen LogP) is 5.20. The third kappa shape index (κ3) is 2.03. The quantitative estimate of drug-likeness (QED) is 0.563. The maximum atomic E-state index is 12.6. The average molecular weight is 321 g/mol. The van der Waals surface area contributed by atoms with Gasteiger partial charge in [-0.15, -0.1) is 0 Å². The van der Waals surface area contributed by atoms with Gasteiger partial charge in [-0.1, -0.05) is 62.3 Å². The molecule has 0 N–H and O–H groups in total. The van der Waals surface area contributed by atoms with Crippen LogP contribution in [0.25, 0.3) is 10.8 Å². The van der Waals surface area contributed by atoms with Crippen LogP contribution < -0.4 is 0 Å². The van der Waals surface area contributed by atoms with Crippen molar-refractivity contribution in [2.75, 3.05) is 0 Å². The van der Waals surface area contributed by atoms with E-state index in [0.717, 1.165) is 29.3 Å². The van der Waals surface area contributed by atoms with Gasteiger partial charge in [-0.2, -0.15) is 0 Å². The van der Waals surface area contributed by atoms with E-state index >= 15 is 0 Å². The van der Waals surface area contributed by atoms with E-state index in [-0.39, 0.29) is 16.8 Å². The molecule has 4 rings (SSSR count). The molecule has 2 aromatic carbocycles. The maximum Gasteiger partial charge on any atom is 0.366 e. The van der Waals surface area contributed by atoms with Gasteiger partial charge in [0.25, 0.3) is 0 Å². The molecule has 0 amide bonds. The summed E-state index contributed by atoms with van der Waals surface area (Å²) in [4.78, 5) is 17.9. The van der Waals surface area contributed by atoms with Crippen LogP contribution in [0.4, 0.5) is 0 Å². The minimum Gasteiger partial charge on any atom is -0.313 e. The van der Waals surface area contributed by atoms with Crippen LogP contribution in [-0.2, 0) is 4.84 Å². The molecule has 24 heavy (non-hydrogen) atoms. The van der Waals surface area contributed by atoms with Crippen molar-refractivity contribution in [1.29, 1.82) is 0 Å². The SMILES string of the molecule is CC1(C)[C@@H]2CC[C@]1(C)/C(=N\OC(=O)c1cccc3ccccc13)C2. The van der Waals surface area contributed by atoms with E-state index in [9.17, 15) is 4.79 Å². The lowest BCUT2D eigenvalue weighted by molar-refractivity contribution is 0.0510. The summed E-state index contributed by atoms with van der Waals surface area (Å²) in [5.74, 6) is 0.279. The lowest BCUT2D eigenvalue weighted by Gasteiger charge is -2.34. The summed E-state index contributed by atoms with van der Waals surface area (Å²) in [6, 6.07) is 13.5. The molecule has 2 aliphatic rings. The van der Waals surface area contributed by atoms with Gasteiger partial charge in [0.2, 0.25) is 0 Å². The number of oxime groups is 1. The summed E-state index contributed by atoms with van der Waals surface area (Å²) in [5.41, 5.74) is 1.91. The molecule has 2 aliphatic carbocycles. The monoisotopic (exact) mass is 321 g/mol. The summed E-state index contributed by atoms with van der Waals surface area (Å²) < 4.78 is 0. The van der Waals surface area contributed by atoms with E-state index in [4.69, 9.17) is 4.84 Å². The van der Waals surface area contributed by atoms with Gasteiger partial charge in [0.15, 0.2) is 0 Å². The Balaban J connectivity index is 1.62. The fourth-order valence-corrected chi connectivity index (χ4v) is 4.62. The molecule has 2 atom stereocenters. The average Bonchev–Trinajstić information content (AvgIpc) is 2.92. The van der Waals surface area contributed by atoms with Crippen molar-refractivity contribution in [3.8, 4) is 0 Å². The van der Waals surface area contributed by atoms with E-state index < -0.39 is 0 Å². The fourth-order valence-electron chi connectivity index (χ4n) is 4.62. The zero-order valence-electron chi connectivity index (χ0n) is 14.5. The van der Waals surface area contributed by atoms with E-state index in [2.05, 4.69) is 25.9 Å². The molecule has 0 aromatic heterocycles. The van der Waals surface area contributed by atoms with Crippen molar-refractivity contribution in [2.45, 2.75) is 40.0 Å². The summed E-state index contributed by atoms with van der Waals surface area (Å²) in [6.07, 6.45) is 3.33. The Kier molecular flexibility index (Phi) is 3.31. The molecule has 2 bridgehead atoms. The molecule has 2 fully saturated rings. The van der Waals surface area contributed by atoms with Crippen LogP contribution in [0.3, 0.4) is 0 Å². The fraction of sp³-hybridized carbons (Fsp3) is 0.429. The highest BCUT2D eigenvalue weighted by Crippen LogP contribution is 2.64. The number of rotatable bonds is 2. The molecule has 0 radical (unpaired) electrons. The molecule has 2 aromatic rings. The number of benzene rings is 2. The highest BCUT2D eigenvalue weighted by atomic mass is 16.7. The smallest absolute Gasteiger partial charge is 0.313 e. The molecule has 2 saturated carbocycles. The Morgan fingerprint density at radius 1 is 1.12 bits per heavy atom. The summed E-state index contributed by atoms with van der Waals surface area (Å²) in [7, 11) is 0. The van der Waals surface area contributed by atoms with Crippen molar-refractivity contribution in [3.05, 3.63) is 48.0 Å². The lowest BCUT2D eigenvalue weighted by atomic mass is 9.70. The topological polar surface area (TPSA) is 38.7 Å². The van der Waals surface area contributed by atoms with E-state index in [1.807, 2.05) is 36.4 Å². The van der Waals surface area contributed by atoms with Crippen molar-refractivity contribution < 1.29 is 9.63 Å². The van der Waals surface area contributed by atoms with Gasteiger partial charge < -0.3 is 4.84 Å². The number of nitrogens with zero attached hydrogens (tertiary/aromatic N) is 1. The Morgan fingerprint density at radius 2 is 1.88 bits per heavy atom. The third-order valence-electron chi connectivity index (χ3n) is 6.76. The van der Waals surface area contributed by atoms with Crippen molar-refractivity contribution in [2.24, 2.45) is 21.9 Å². The van der Waals surface area contributed by atoms with E-state index in [0.29, 0.717) is 11.5 Å². The lowest BCUT2D eigenvalue weighted by Crippen LogP contribution is -2.32. The number of hydrogen-bond acceptors (Lipinski definition) is 3. The predicted molar refractivity (Wildman–Crippen MR) is 96.0 cm³/mol. The molecule has 3 nitrogen and oxygen atoms in total. The number of carbonyl (C=O) groups excluding carboxylic acids is 1. The Bertz CT molecular complexity index is 847.